The van der Waals surface area contributed by atoms with Crippen LogP contribution in [0.4, 0.5) is 4.39 Å². The fourth-order valence-corrected chi connectivity index (χ4v) is 2.55. The van der Waals surface area contributed by atoms with Gasteiger partial charge in [0.05, 0.1) is 6.42 Å². The third-order valence-electron chi connectivity index (χ3n) is 3.49. The van der Waals surface area contributed by atoms with Crippen molar-refractivity contribution in [3.8, 4) is 0 Å². The molecule has 0 amide bonds. The molecule has 0 spiro atoms. The number of carbonyl (C=O) groups is 1. The summed E-state index contributed by atoms with van der Waals surface area (Å²) in [5.41, 5.74) is -0.295. The molecule has 4 heteroatoms. The van der Waals surface area contributed by atoms with E-state index >= 15 is 0 Å². The van der Waals surface area contributed by atoms with Gasteiger partial charge in [0.2, 0.25) is 0 Å². The van der Waals surface area contributed by atoms with E-state index in [9.17, 15) is 9.18 Å². The Balaban J connectivity index is 2.69. The van der Waals surface area contributed by atoms with E-state index < -0.39 is 12.6 Å². The van der Waals surface area contributed by atoms with Crippen molar-refractivity contribution in [1.82, 2.24) is 4.90 Å². The highest BCUT2D eigenvalue weighted by atomic mass is 19.1. The van der Waals surface area contributed by atoms with Gasteiger partial charge in [-0.3, -0.25) is 9.69 Å². The number of rotatable bonds is 5. The summed E-state index contributed by atoms with van der Waals surface area (Å²) in [6.07, 6.45) is 5.20. The van der Waals surface area contributed by atoms with Gasteiger partial charge in [-0.05, 0) is 19.9 Å². The Morgan fingerprint density at radius 1 is 1.40 bits per heavy atom. The summed E-state index contributed by atoms with van der Waals surface area (Å²) >= 11 is 0. The zero-order valence-electron chi connectivity index (χ0n) is 9.34. The van der Waals surface area contributed by atoms with Gasteiger partial charge >= 0.3 is 5.97 Å². The van der Waals surface area contributed by atoms with Crippen molar-refractivity contribution in [2.24, 2.45) is 0 Å². The molecule has 0 aromatic heterocycles. The number of halogens is 1. The molecule has 0 aromatic carbocycles. The SMILES string of the molecule is CN(CCF)C1(CC(=O)O)CCCCC1. The van der Waals surface area contributed by atoms with Gasteiger partial charge in [-0.1, -0.05) is 19.3 Å². The van der Waals surface area contributed by atoms with Crippen LogP contribution in [0.15, 0.2) is 0 Å². The molecule has 0 atom stereocenters. The summed E-state index contributed by atoms with van der Waals surface area (Å²) in [4.78, 5) is 12.8. The standard InChI is InChI=1S/C11H20FNO2/c1-13(8-7-12)11(9-10(14)15)5-3-2-4-6-11/h2-9H2,1H3,(H,14,15). The van der Waals surface area contributed by atoms with Crippen LogP contribution in [0.3, 0.4) is 0 Å². The Morgan fingerprint density at radius 3 is 2.47 bits per heavy atom. The largest absolute Gasteiger partial charge is 0.481 e. The summed E-state index contributed by atoms with van der Waals surface area (Å²) in [5, 5.41) is 8.93. The van der Waals surface area contributed by atoms with Crippen LogP contribution >= 0.6 is 0 Å². The average molecular weight is 217 g/mol. The molecule has 1 rings (SSSR count). The molecular weight excluding hydrogens is 197 g/mol. The number of nitrogens with zero attached hydrogens (tertiary/aromatic N) is 1. The van der Waals surface area contributed by atoms with Crippen LogP contribution in [0.1, 0.15) is 38.5 Å². The van der Waals surface area contributed by atoms with E-state index in [1.54, 1.807) is 0 Å². The van der Waals surface area contributed by atoms with E-state index in [1.165, 1.54) is 6.42 Å². The van der Waals surface area contributed by atoms with E-state index in [0.29, 0.717) is 6.54 Å². The van der Waals surface area contributed by atoms with Crippen LogP contribution in [-0.2, 0) is 4.79 Å². The topological polar surface area (TPSA) is 40.5 Å². The zero-order chi connectivity index (χ0) is 11.3. The Kier molecular flexibility index (Phi) is 4.51. The summed E-state index contributed by atoms with van der Waals surface area (Å²) < 4.78 is 12.3. The molecule has 1 aliphatic rings. The van der Waals surface area contributed by atoms with Crippen LogP contribution in [0, 0.1) is 0 Å². The molecule has 15 heavy (non-hydrogen) atoms. The predicted octanol–water partition coefficient (Wildman–Crippen LogP) is 2.07. The molecular formula is C11H20FNO2. The van der Waals surface area contributed by atoms with Crippen molar-refractivity contribution in [3.05, 3.63) is 0 Å². The maximum absolute atomic E-state index is 12.3. The minimum Gasteiger partial charge on any atom is -0.481 e. The molecule has 1 fully saturated rings. The number of aliphatic carboxylic acids is 1. The minimum absolute atomic E-state index is 0.142. The molecule has 0 heterocycles. The first-order valence-electron chi connectivity index (χ1n) is 5.60. The molecule has 0 aliphatic heterocycles. The first kappa shape index (κ1) is 12.4. The van der Waals surface area contributed by atoms with E-state index in [2.05, 4.69) is 0 Å². The van der Waals surface area contributed by atoms with Crippen LogP contribution in [0.25, 0.3) is 0 Å². The van der Waals surface area contributed by atoms with Gasteiger partial charge in [-0.25, -0.2) is 4.39 Å². The summed E-state index contributed by atoms with van der Waals surface area (Å²) in [6.45, 7) is -0.0643. The lowest BCUT2D eigenvalue weighted by Crippen LogP contribution is -2.50. The normalized spacial score (nSPS) is 20.5. The highest BCUT2D eigenvalue weighted by Gasteiger charge is 2.37. The smallest absolute Gasteiger partial charge is 0.305 e. The quantitative estimate of drug-likeness (QED) is 0.766. The molecule has 0 radical (unpaired) electrons. The second-order valence-electron chi connectivity index (χ2n) is 4.47. The van der Waals surface area contributed by atoms with Crippen LogP contribution in [0.5, 0.6) is 0 Å². The number of carboxylic acid groups (broad SMARTS) is 1. The highest BCUT2D eigenvalue weighted by Crippen LogP contribution is 2.35. The predicted molar refractivity (Wildman–Crippen MR) is 56.7 cm³/mol. The molecule has 3 nitrogen and oxygen atoms in total. The zero-order valence-corrected chi connectivity index (χ0v) is 9.34. The maximum atomic E-state index is 12.3. The van der Waals surface area contributed by atoms with Crippen LogP contribution in [-0.4, -0.2) is 41.8 Å². The third-order valence-corrected chi connectivity index (χ3v) is 3.49. The second-order valence-corrected chi connectivity index (χ2v) is 4.47. The van der Waals surface area contributed by atoms with E-state index in [4.69, 9.17) is 5.11 Å². The van der Waals surface area contributed by atoms with Crippen molar-refractivity contribution in [3.63, 3.8) is 0 Å². The number of hydrogen-bond donors (Lipinski definition) is 1. The molecule has 88 valence electrons. The lowest BCUT2D eigenvalue weighted by molar-refractivity contribution is -0.141. The molecule has 0 aromatic rings. The summed E-state index contributed by atoms with van der Waals surface area (Å²) in [6, 6.07) is 0. The fourth-order valence-electron chi connectivity index (χ4n) is 2.55. The monoisotopic (exact) mass is 217 g/mol. The van der Waals surface area contributed by atoms with Gasteiger partial charge in [0.25, 0.3) is 0 Å². The Morgan fingerprint density at radius 2 is 2.00 bits per heavy atom. The number of carboxylic acids is 1. The fraction of sp³-hybridized carbons (Fsp3) is 0.909. The van der Waals surface area contributed by atoms with Gasteiger partial charge in [-0.2, -0.15) is 0 Å². The van der Waals surface area contributed by atoms with Gasteiger partial charge in [0.1, 0.15) is 6.67 Å². The van der Waals surface area contributed by atoms with Gasteiger partial charge < -0.3 is 5.11 Å². The van der Waals surface area contributed by atoms with Crippen molar-refractivity contribution in [2.75, 3.05) is 20.3 Å². The van der Waals surface area contributed by atoms with Gasteiger partial charge in [0.15, 0.2) is 0 Å². The third kappa shape index (κ3) is 3.16. The number of hydrogen-bond acceptors (Lipinski definition) is 2. The van der Waals surface area contributed by atoms with Crippen LogP contribution in [0.2, 0.25) is 0 Å². The molecule has 1 aliphatic carbocycles. The molecule has 0 unspecified atom stereocenters. The average Bonchev–Trinajstić information content (AvgIpc) is 2.18. The Hall–Kier alpha value is -0.640. The molecule has 0 saturated heterocycles. The Bertz CT molecular complexity index is 215. The van der Waals surface area contributed by atoms with Crippen LogP contribution < -0.4 is 0 Å². The van der Waals surface area contributed by atoms with Crippen molar-refractivity contribution < 1.29 is 14.3 Å². The van der Waals surface area contributed by atoms with Crippen molar-refractivity contribution >= 4 is 5.97 Å². The Labute approximate surface area is 90.3 Å². The second kappa shape index (κ2) is 5.45. The van der Waals surface area contributed by atoms with Crippen molar-refractivity contribution in [2.45, 2.75) is 44.1 Å². The minimum atomic E-state index is -0.775. The lowest BCUT2D eigenvalue weighted by Gasteiger charge is -2.43. The lowest BCUT2D eigenvalue weighted by atomic mass is 9.78. The summed E-state index contributed by atoms with van der Waals surface area (Å²) in [5.74, 6) is -0.775. The maximum Gasteiger partial charge on any atom is 0.305 e. The van der Waals surface area contributed by atoms with E-state index in [0.717, 1.165) is 25.7 Å². The van der Waals surface area contributed by atoms with Crippen molar-refractivity contribution in [1.29, 1.82) is 0 Å². The van der Waals surface area contributed by atoms with E-state index in [-0.39, 0.29) is 12.0 Å². The molecule has 1 N–H and O–H groups in total. The first-order valence-corrected chi connectivity index (χ1v) is 5.60. The van der Waals surface area contributed by atoms with Gasteiger partial charge in [-0.15, -0.1) is 0 Å². The van der Waals surface area contributed by atoms with Gasteiger partial charge in [0, 0.05) is 12.1 Å². The number of alkyl halides is 1. The molecule has 0 bridgehead atoms. The first-order chi connectivity index (χ1) is 7.10. The van der Waals surface area contributed by atoms with E-state index in [1.807, 2.05) is 11.9 Å². The highest BCUT2D eigenvalue weighted by molar-refractivity contribution is 5.68. The summed E-state index contributed by atoms with van der Waals surface area (Å²) in [7, 11) is 1.84. The molecule has 1 saturated carbocycles.